The summed E-state index contributed by atoms with van der Waals surface area (Å²) in [6.07, 6.45) is 4.04. The number of amides is 1. The van der Waals surface area contributed by atoms with Crippen LogP contribution in [0.5, 0.6) is 0 Å². The molecule has 1 aromatic rings. The molecule has 0 aliphatic heterocycles. The summed E-state index contributed by atoms with van der Waals surface area (Å²) in [5.74, 6) is -0.591. The molecule has 0 bridgehead atoms. The molecule has 3 nitrogen and oxygen atoms in total. The number of hydrogen-bond donors (Lipinski definition) is 2. The predicted octanol–water partition coefficient (Wildman–Crippen LogP) is 2.13. The van der Waals surface area contributed by atoms with E-state index < -0.39 is 0 Å². The van der Waals surface area contributed by atoms with Gasteiger partial charge in [0.05, 0.1) is 0 Å². The smallest absolute Gasteiger partial charge is 0.251 e. The van der Waals surface area contributed by atoms with Crippen molar-refractivity contribution in [2.45, 2.75) is 44.7 Å². The molecule has 3 N–H and O–H groups in total. The molecule has 0 aromatic heterocycles. The summed E-state index contributed by atoms with van der Waals surface area (Å²) in [4.78, 5) is 12.0. The molecule has 1 saturated carbocycles. The third-order valence-corrected chi connectivity index (χ3v) is 3.57. The Hall–Kier alpha value is -1.42. The third-order valence-electron chi connectivity index (χ3n) is 3.57. The van der Waals surface area contributed by atoms with Gasteiger partial charge < -0.3 is 11.1 Å². The average Bonchev–Trinajstić information content (AvgIpc) is 2.35. The van der Waals surface area contributed by atoms with Crippen LogP contribution < -0.4 is 11.1 Å². The zero-order chi connectivity index (χ0) is 13.1. The standard InChI is InChI=1S/C14H19FN2O/c1-9-6-7-10(8-11(9)15)14(18)17-13-5-3-2-4-12(13)16/h6-8,12-13H,2-5,16H2,1H3,(H,17,18). The van der Waals surface area contributed by atoms with Crippen LogP contribution in [0.4, 0.5) is 4.39 Å². The second-order valence-electron chi connectivity index (χ2n) is 4.99. The van der Waals surface area contributed by atoms with Gasteiger partial charge in [-0.3, -0.25) is 4.79 Å². The van der Waals surface area contributed by atoms with Gasteiger partial charge in [0.1, 0.15) is 5.82 Å². The van der Waals surface area contributed by atoms with E-state index in [0.717, 1.165) is 25.7 Å². The number of nitrogens with two attached hydrogens (primary N) is 1. The van der Waals surface area contributed by atoms with E-state index in [2.05, 4.69) is 5.32 Å². The first-order chi connectivity index (χ1) is 8.58. The Morgan fingerprint density at radius 2 is 2.11 bits per heavy atom. The quantitative estimate of drug-likeness (QED) is 0.845. The Bertz CT molecular complexity index is 447. The second kappa shape index (κ2) is 5.48. The molecular formula is C14H19FN2O. The number of hydrogen-bond acceptors (Lipinski definition) is 2. The first-order valence-electron chi connectivity index (χ1n) is 6.40. The monoisotopic (exact) mass is 250 g/mol. The van der Waals surface area contributed by atoms with Crippen LogP contribution >= 0.6 is 0 Å². The van der Waals surface area contributed by atoms with Crippen LogP contribution in [0.15, 0.2) is 18.2 Å². The molecule has 0 radical (unpaired) electrons. The van der Waals surface area contributed by atoms with Crippen LogP contribution in [0.3, 0.4) is 0 Å². The molecular weight excluding hydrogens is 231 g/mol. The van der Waals surface area contributed by atoms with E-state index in [0.29, 0.717) is 11.1 Å². The molecule has 1 fully saturated rings. The van der Waals surface area contributed by atoms with Crippen LogP contribution in [0.2, 0.25) is 0 Å². The van der Waals surface area contributed by atoms with Crippen LogP contribution in [-0.4, -0.2) is 18.0 Å². The second-order valence-corrected chi connectivity index (χ2v) is 4.99. The third kappa shape index (κ3) is 2.88. The number of rotatable bonds is 2. The summed E-state index contributed by atoms with van der Waals surface area (Å²) in [6.45, 7) is 1.67. The van der Waals surface area contributed by atoms with Gasteiger partial charge in [-0.2, -0.15) is 0 Å². The average molecular weight is 250 g/mol. The zero-order valence-electron chi connectivity index (χ0n) is 10.6. The van der Waals surface area contributed by atoms with Crippen LogP contribution in [0, 0.1) is 12.7 Å². The first-order valence-corrected chi connectivity index (χ1v) is 6.40. The fourth-order valence-corrected chi connectivity index (χ4v) is 2.32. The lowest BCUT2D eigenvalue weighted by Crippen LogP contribution is -2.49. The number of aryl methyl sites for hydroxylation is 1. The Labute approximate surface area is 107 Å². The van der Waals surface area contributed by atoms with Gasteiger partial charge in [0, 0.05) is 17.6 Å². The minimum atomic E-state index is -0.351. The molecule has 0 spiro atoms. The van der Waals surface area contributed by atoms with Crippen LogP contribution in [-0.2, 0) is 0 Å². The maximum absolute atomic E-state index is 13.4. The summed E-state index contributed by atoms with van der Waals surface area (Å²) in [7, 11) is 0. The van der Waals surface area contributed by atoms with Crippen molar-refractivity contribution in [1.29, 1.82) is 0 Å². The maximum atomic E-state index is 13.4. The van der Waals surface area contributed by atoms with Gasteiger partial charge in [0.2, 0.25) is 0 Å². The summed E-state index contributed by atoms with van der Waals surface area (Å²) in [6, 6.07) is 4.56. The van der Waals surface area contributed by atoms with Gasteiger partial charge in [0.25, 0.3) is 5.91 Å². The van der Waals surface area contributed by atoms with Gasteiger partial charge in [0.15, 0.2) is 0 Å². The normalized spacial score (nSPS) is 23.7. The Balaban J connectivity index is 2.04. The highest BCUT2D eigenvalue weighted by atomic mass is 19.1. The molecule has 1 aliphatic carbocycles. The summed E-state index contributed by atoms with van der Waals surface area (Å²) >= 11 is 0. The van der Waals surface area contributed by atoms with Gasteiger partial charge in [-0.15, -0.1) is 0 Å². The van der Waals surface area contributed by atoms with E-state index in [1.807, 2.05) is 0 Å². The molecule has 1 aliphatic rings. The lowest BCUT2D eigenvalue weighted by molar-refractivity contribution is 0.0921. The lowest BCUT2D eigenvalue weighted by atomic mass is 9.91. The minimum absolute atomic E-state index is 0.00983. The van der Waals surface area contributed by atoms with Crippen molar-refractivity contribution in [3.63, 3.8) is 0 Å². The molecule has 0 heterocycles. The highest BCUT2D eigenvalue weighted by Crippen LogP contribution is 2.17. The van der Waals surface area contributed by atoms with Crippen molar-refractivity contribution in [2.75, 3.05) is 0 Å². The summed E-state index contributed by atoms with van der Waals surface area (Å²) in [5, 5.41) is 2.90. The SMILES string of the molecule is Cc1ccc(C(=O)NC2CCCCC2N)cc1F. The van der Waals surface area contributed by atoms with E-state index in [1.165, 1.54) is 6.07 Å². The molecule has 18 heavy (non-hydrogen) atoms. The zero-order valence-corrected chi connectivity index (χ0v) is 10.6. The van der Waals surface area contributed by atoms with Crippen molar-refractivity contribution < 1.29 is 9.18 Å². The molecule has 2 rings (SSSR count). The van der Waals surface area contributed by atoms with Crippen molar-refractivity contribution >= 4 is 5.91 Å². The van der Waals surface area contributed by atoms with Crippen LogP contribution in [0.1, 0.15) is 41.6 Å². The number of carbonyl (C=O) groups is 1. The minimum Gasteiger partial charge on any atom is -0.348 e. The van der Waals surface area contributed by atoms with E-state index in [1.54, 1.807) is 19.1 Å². The van der Waals surface area contributed by atoms with Gasteiger partial charge in [-0.1, -0.05) is 18.9 Å². The number of nitrogens with one attached hydrogen (secondary N) is 1. The lowest BCUT2D eigenvalue weighted by Gasteiger charge is -2.29. The molecule has 2 atom stereocenters. The van der Waals surface area contributed by atoms with Crippen molar-refractivity contribution in [1.82, 2.24) is 5.32 Å². The molecule has 0 saturated heterocycles. The van der Waals surface area contributed by atoms with E-state index in [9.17, 15) is 9.18 Å². The molecule has 98 valence electrons. The maximum Gasteiger partial charge on any atom is 0.251 e. The largest absolute Gasteiger partial charge is 0.348 e. The van der Waals surface area contributed by atoms with Gasteiger partial charge in [-0.05, 0) is 37.5 Å². The number of halogens is 1. The fraction of sp³-hybridized carbons (Fsp3) is 0.500. The van der Waals surface area contributed by atoms with Crippen molar-refractivity contribution in [2.24, 2.45) is 5.73 Å². The molecule has 2 unspecified atom stereocenters. The first kappa shape index (κ1) is 13.0. The summed E-state index contributed by atoms with van der Waals surface area (Å²) in [5.41, 5.74) is 6.87. The highest BCUT2D eigenvalue weighted by Gasteiger charge is 2.23. The van der Waals surface area contributed by atoms with Crippen molar-refractivity contribution in [3.8, 4) is 0 Å². The van der Waals surface area contributed by atoms with Crippen LogP contribution in [0.25, 0.3) is 0 Å². The predicted molar refractivity (Wildman–Crippen MR) is 68.8 cm³/mol. The van der Waals surface area contributed by atoms with Crippen molar-refractivity contribution in [3.05, 3.63) is 35.1 Å². The van der Waals surface area contributed by atoms with E-state index >= 15 is 0 Å². The Kier molecular flexibility index (Phi) is 3.97. The summed E-state index contributed by atoms with van der Waals surface area (Å²) < 4.78 is 13.4. The topological polar surface area (TPSA) is 55.1 Å². The molecule has 1 aromatic carbocycles. The van der Waals surface area contributed by atoms with Gasteiger partial charge in [-0.25, -0.2) is 4.39 Å². The Morgan fingerprint density at radius 3 is 2.78 bits per heavy atom. The van der Waals surface area contributed by atoms with E-state index in [4.69, 9.17) is 5.73 Å². The van der Waals surface area contributed by atoms with E-state index in [-0.39, 0.29) is 23.8 Å². The molecule has 4 heteroatoms. The Morgan fingerprint density at radius 1 is 1.39 bits per heavy atom. The fourth-order valence-electron chi connectivity index (χ4n) is 2.32. The molecule has 1 amide bonds. The number of carbonyl (C=O) groups excluding carboxylic acids is 1. The van der Waals surface area contributed by atoms with Gasteiger partial charge >= 0.3 is 0 Å². The highest BCUT2D eigenvalue weighted by molar-refractivity contribution is 5.94. The number of benzene rings is 1.